The molecule has 7 heteroatoms. The summed E-state index contributed by atoms with van der Waals surface area (Å²) in [5, 5.41) is 0.666. The third-order valence-corrected chi connectivity index (χ3v) is 5.44. The summed E-state index contributed by atoms with van der Waals surface area (Å²) in [5.41, 5.74) is 2.72. The molecule has 1 aliphatic heterocycles. The topological polar surface area (TPSA) is 93.9 Å². The molecule has 152 valence electrons. The third-order valence-electron chi connectivity index (χ3n) is 5.44. The lowest BCUT2D eigenvalue weighted by molar-refractivity contribution is -0.149. The van der Waals surface area contributed by atoms with E-state index in [2.05, 4.69) is 0 Å². The largest absolute Gasteiger partial charge is 0.459 e. The quantitative estimate of drug-likeness (QED) is 0.376. The zero-order valence-corrected chi connectivity index (χ0v) is 16.7. The second-order valence-electron chi connectivity index (χ2n) is 7.28. The highest BCUT2D eigenvalue weighted by molar-refractivity contribution is 6.22. The smallest absolute Gasteiger partial charge is 0.336 e. The Hall–Kier alpha value is -3.74. The van der Waals surface area contributed by atoms with Gasteiger partial charge < -0.3 is 9.15 Å². The van der Waals surface area contributed by atoms with E-state index in [1.807, 2.05) is 19.9 Å². The van der Waals surface area contributed by atoms with Crippen molar-refractivity contribution in [2.45, 2.75) is 33.4 Å². The summed E-state index contributed by atoms with van der Waals surface area (Å²) >= 11 is 0. The van der Waals surface area contributed by atoms with Crippen LogP contribution in [0.15, 0.2) is 51.7 Å². The minimum atomic E-state index is -1.10. The predicted molar refractivity (Wildman–Crippen MR) is 108 cm³/mol. The van der Waals surface area contributed by atoms with Gasteiger partial charge >= 0.3 is 11.6 Å². The molecule has 2 amide bonds. The molecule has 0 bridgehead atoms. The maximum absolute atomic E-state index is 12.6. The SMILES string of the molecule is Cc1ccc2c(COC(=O)[C@H](C)N3C(=O)c4ccccc4C3=O)cc(=O)oc2c1C. The number of carbonyl (C=O) groups excluding carboxylic acids is 3. The summed E-state index contributed by atoms with van der Waals surface area (Å²) in [6.45, 7) is 5.01. The van der Waals surface area contributed by atoms with Gasteiger partial charge in [-0.15, -0.1) is 0 Å². The van der Waals surface area contributed by atoms with Crippen molar-refractivity contribution in [2.75, 3.05) is 0 Å². The molecule has 3 aromatic rings. The van der Waals surface area contributed by atoms with E-state index in [4.69, 9.17) is 9.15 Å². The number of nitrogens with zero attached hydrogens (tertiary/aromatic N) is 1. The average Bonchev–Trinajstić information content (AvgIpc) is 2.99. The number of aryl methyl sites for hydroxylation is 2. The monoisotopic (exact) mass is 405 g/mol. The molecule has 0 radical (unpaired) electrons. The molecular formula is C23H19NO6. The summed E-state index contributed by atoms with van der Waals surface area (Å²) in [6, 6.07) is 10.3. The fourth-order valence-corrected chi connectivity index (χ4v) is 3.58. The normalized spacial score (nSPS) is 14.2. The van der Waals surface area contributed by atoms with Crippen LogP contribution in [0.25, 0.3) is 11.0 Å². The third kappa shape index (κ3) is 3.08. The van der Waals surface area contributed by atoms with Crippen molar-refractivity contribution in [3.05, 3.63) is 80.7 Å². The van der Waals surface area contributed by atoms with Gasteiger partial charge in [0.2, 0.25) is 0 Å². The number of hydrogen-bond donors (Lipinski definition) is 0. The Morgan fingerprint density at radius 1 is 1.03 bits per heavy atom. The maximum atomic E-state index is 12.6. The first-order valence-corrected chi connectivity index (χ1v) is 9.46. The number of benzene rings is 2. The van der Waals surface area contributed by atoms with E-state index in [1.54, 1.807) is 30.3 Å². The van der Waals surface area contributed by atoms with E-state index in [9.17, 15) is 19.2 Å². The molecule has 2 aromatic carbocycles. The molecule has 0 fully saturated rings. The van der Waals surface area contributed by atoms with Crippen molar-refractivity contribution in [1.82, 2.24) is 4.90 Å². The Bertz CT molecular complexity index is 1240. The number of ether oxygens (including phenoxy) is 1. The van der Waals surface area contributed by atoms with Crippen LogP contribution in [0.1, 0.15) is 44.3 Å². The van der Waals surface area contributed by atoms with Crippen molar-refractivity contribution in [3.8, 4) is 0 Å². The fraction of sp³-hybridized carbons (Fsp3) is 0.217. The highest BCUT2D eigenvalue weighted by atomic mass is 16.5. The first-order valence-electron chi connectivity index (χ1n) is 9.46. The number of amides is 2. The molecule has 0 N–H and O–H groups in total. The molecule has 1 aliphatic rings. The van der Waals surface area contributed by atoms with E-state index in [-0.39, 0.29) is 17.7 Å². The summed E-state index contributed by atoms with van der Waals surface area (Å²) in [4.78, 5) is 50.6. The molecule has 2 heterocycles. The molecule has 1 atom stereocenters. The van der Waals surface area contributed by atoms with Crippen molar-refractivity contribution in [3.63, 3.8) is 0 Å². The Balaban J connectivity index is 1.56. The van der Waals surface area contributed by atoms with Gasteiger partial charge in [-0.3, -0.25) is 14.5 Å². The number of hydrogen-bond acceptors (Lipinski definition) is 6. The minimum Gasteiger partial charge on any atom is -0.459 e. The lowest BCUT2D eigenvalue weighted by atomic mass is 10.0. The van der Waals surface area contributed by atoms with E-state index in [0.717, 1.165) is 16.0 Å². The number of fused-ring (bicyclic) bond motifs is 2. The number of rotatable bonds is 4. The van der Waals surface area contributed by atoms with Gasteiger partial charge in [0, 0.05) is 17.0 Å². The van der Waals surface area contributed by atoms with Crippen LogP contribution < -0.4 is 5.63 Å². The summed E-state index contributed by atoms with van der Waals surface area (Å²) in [7, 11) is 0. The molecule has 0 saturated carbocycles. The van der Waals surface area contributed by atoms with Gasteiger partial charge in [0.25, 0.3) is 11.8 Å². The number of imide groups is 1. The summed E-state index contributed by atoms with van der Waals surface area (Å²) in [5.74, 6) is -1.80. The Morgan fingerprint density at radius 3 is 2.30 bits per heavy atom. The summed E-state index contributed by atoms with van der Waals surface area (Å²) in [6.07, 6.45) is 0. The Labute approximate surface area is 171 Å². The Morgan fingerprint density at radius 2 is 1.67 bits per heavy atom. The molecule has 0 spiro atoms. The molecule has 0 aliphatic carbocycles. The van der Waals surface area contributed by atoms with Crippen molar-refractivity contribution in [1.29, 1.82) is 0 Å². The second-order valence-corrected chi connectivity index (χ2v) is 7.28. The van der Waals surface area contributed by atoms with E-state index < -0.39 is 29.5 Å². The van der Waals surface area contributed by atoms with Crippen LogP contribution >= 0.6 is 0 Å². The second kappa shape index (κ2) is 7.26. The zero-order valence-electron chi connectivity index (χ0n) is 16.7. The molecule has 0 saturated heterocycles. The fourth-order valence-electron chi connectivity index (χ4n) is 3.58. The van der Waals surface area contributed by atoms with E-state index >= 15 is 0 Å². The van der Waals surface area contributed by atoms with Crippen molar-refractivity contribution in [2.24, 2.45) is 0 Å². The summed E-state index contributed by atoms with van der Waals surface area (Å²) < 4.78 is 10.7. The van der Waals surface area contributed by atoms with Crippen LogP contribution in [0.5, 0.6) is 0 Å². The minimum absolute atomic E-state index is 0.184. The molecule has 0 unspecified atom stereocenters. The van der Waals surface area contributed by atoms with Gasteiger partial charge in [-0.1, -0.05) is 24.3 Å². The van der Waals surface area contributed by atoms with Crippen LogP contribution in [0.3, 0.4) is 0 Å². The van der Waals surface area contributed by atoms with Gasteiger partial charge in [0.1, 0.15) is 18.2 Å². The van der Waals surface area contributed by atoms with Crippen LogP contribution in [0.4, 0.5) is 0 Å². The van der Waals surface area contributed by atoms with Crippen LogP contribution in [0.2, 0.25) is 0 Å². The predicted octanol–water partition coefficient (Wildman–Crippen LogP) is 3.14. The van der Waals surface area contributed by atoms with Crippen molar-refractivity contribution >= 4 is 28.8 Å². The van der Waals surface area contributed by atoms with E-state index in [0.29, 0.717) is 16.5 Å². The Kier molecular flexibility index (Phi) is 4.73. The lowest BCUT2D eigenvalue weighted by Crippen LogP contribution is -2.43. The average molecular weight is 405 g/mol. The van der Waals surface area contributed by atoms with Gasteiger partial charge in [0.15, 0.2) is 0 Å². The van der Waals surface area contributed by atoms with Gasteiger partial charge in [-0.25, -0.2) is 9.59 Å². The zero-order chi connectivity index (χ0) is 21.6. The van der Waals surface area contributed by atoms with Gasteiger partial charge in [0.05, 0.1) is 11.1 Å². The number of esters is 1. The molecular weight excluding hydrogens is 386 g/mol. The maximum Gasteiger partial charge on any atom is 0.336 e. The van der Waals surface area contributed by atoms with Gasteiger partial charge in [-0.05, 0) is 44.0 Å². The van der Waals surface area contributed by atoms with Crippen LogP contribution in [-0.2, 0) is 16.1 Å². The van der Waals surface area contributed by atoms with Crippen LogP contribution in [0, 0.1) is 13.8 Å². The number of carbonyl (C=O) groups is 3. The standard InChI is InChI=1S/C23H19NO6/c1-12-8-9-16-15(10-19(25)30-20(16)13(12)2)11-29-23(28)14(3)24-21(26)17-6-4-5-7-18(17)22(24)27/h4-10,14H,11H2,1-3H3/t14-/m0/s1. The first-order chi connectivity index (χ1) is 14.3. The molecule has 4 rings (SSSR count). The molecule has 1 aromatic heterocycles. The van der Waals surface area contributed by atoms with Gasteiger partial charge in [-0.2, -0.15) is 0 Å². The van der Waals surface area contributed by atoms with Crippen LogP contribution in [-0.4, -0.2) is 28.7 Å². The highest BCUT2D eigenvalue weighted by Crippen LogP contribution is 2.26. The van der Waals surface area contributed by atoms with Crippen molar-refractivity contribution < 1.29 is 23.5 Å². The highest BCUT2D eigenvalue weighted by Gasteiger charge is 2.41. The molecule has 30 heavy (non-hydrogen) atoms. The first kappa shape index (κ1) is 19.6. The lowest BCUT2D eigenvalue weighted by Gasteiger charge is -2.21. The molecule has 7 nitrogen and oxygen atoms in total. The van der Waals surface area contributed by atoms with E-state index in [1.165, 1.54) is 13.0 Å².